The topological polar surface area (TPSA) is 49.0 Å². The Morgan fingerprint density at radius 3 is 2.67 bits per heavy atom. The highest BCUT2D eigenvalue weighted by Gasteiger charge is 2.48. The largest absolute Gasteiger partial charge is 0.348 e. The van der Waals surface area contributed by atoms with Crippen molar-refractivity contribution >= 4 is 17.5 Å². The molecule has 24 heavy (non-hydrogen) atoms. The number of aromatic nitrogens is 2. The highest BCUT2D eigenvalue weighted by atomic mass is 35.5. The summed E-state index contributed by atoms with van der Waals surface area (Å²) in [6, 6.07) is 7.83. The van der Waals surface area contributed by atoms with E-state index >= 15 is 0 Å². The Balaban J connectivity index is 1.56. The SMILES string of the molecule is O=C(N1CCC[C@@H](c2ncc[nH]2)C1)C1(c2ccc(Cl)cc2)CCC1. The molecule has 2 heterocycles. The number of nitrogens with zero attached hydrogens (tertiary/aromatic N) is 2. The molecule has 1 N–H and O–H groups in total. The molecular formula is C19H22ClN3O. The highest BCUT2D eigenvalue weighted by molar-refractivity contribution is 6.30. The minimum absolute atomic E-state index is 0.285. The van der Waals surface area contributed by atoms with Crippen molar-refractivity contribution in [3.63, 3.8) is 0 Å². The highest BCUT2D eigenvalue weighted by Crippen LogP contribution is 2.46. The first-order chi connectivity index (χ1) is 11.7. The van der Waals surface area contributed by atoms with Crippen LogP contribution in [0, 0.1) is 0 Å². The molecule has 0 radical (unpaired) electrons. The van der Waals surface area contributed by atoms with E-state index in [1.165, 1.54) is 0 Å². The van der Waals surface area contributed by atoms with Crippen molar-refractivity contribution in [2.45, 2.75) is 43.4 Å². The number of imidazole rings is 1. The second-order valence-electron chi connectivity index (χ2n) is 7.01. The number of carbonyl (C=O) groups is 1. The lowest BCUT2D eigenvalue weighted by molar-refractivity contribution is -0.142. The van der Waals surface area contributed by atoms with Gasteiger partial charge in [-0.1, -0.05) is 30.2 Å². The molecule has 1 aromatic heterocycles. The zero-order valence-electron chi connectivity index (χ0n) is 13.7. The van der Waals surface area contributed by atoms with E-state index in [1.54, 1.807) is 6.20 Å². The van der Waals surface area contributed by atoms with Crippen molar-refractivity contribution in [1.82, 2.24) is 14.9 Å². The lowest BCUT2D eigenvalue weighted by Crippen LogP contribution is -2.53. The quantitative estimate of drug-likeness (QED) is 0.919. The van der Waals surface area contributed by atoms with Gasteiger partial charge in [-0.05, 0) is 43.4 Å². The molecule has 2 aromatic rings. The van der Waals surface area contributed by atoms with Gasteiger partial charge in [-0.25, -0.2) is 4.98 Å². The van der Waals surface area contributed by atoms with Crippen LogP contribution in [0.4, 0.5) is 0 Å². The molecular weight excluding hydrogens is 322 g/mol. The molecule has 1 atom stereocenters. The number of benzene rings is 1. The molecule has 1 saturated heterocycles. The zero-order valence-corrected chi connectivity index (χ0v) is 14.4. The molecule has 1 aliphatic heterocycles. The third-order valence-electron chi connectivity index (χ3n) is 5.63. The number of rotatable bonds is 3. The Morgan fingerprint density at radius 1 is 1.25 bits per heavy atom. The van der Waals surface area contributed by atoms with Crippen LogP contribution in [-0.2, 0) is 10.2 Å². The van der Waals surface area contributed by atoms with E-state index in [4.69, 9.17) is 11.6 Å². The van der Waals surface area contributed by atoms with Gasteiger partial charge in [0.1, 0.15) is 5.82 Å². The van der Waals surface area contributed by atoms with Gasteiger partial charge in [0.2, 0.25) is 5.91 Å². The van der Waals surface area contributed by atoms with Gasteiger partial charge in [0.25, 0.3) is 0 Å². The zero-order chi connectivity index (χ0) is 16.6. The first-order valence-corrected chi connectivity index (χ1v) is 9.11. The van der Waals surface area contributed by atoms with E-state index in [0.717, 1.165) is 61.6 Å². The minimum Gasteiger partial charge on any atom is -0.348 e. The van der Waals surface area contributed by atoms with Gasteiger partial charge in [-0.15, -0.1) is 0 Å². The number of H-pyrrole nitrogens is 1. The van der Waals surface area contributed by atoms with Crippen molar-refractivity contribution in [3.8, 4) is 0 Å². The Bertz CT molecular complexity index is 707. The Kier molecular flexibility index (Phi) is 4.09. The van der Waals surface area contributed by atoms with Crippen LogP contribution in [0.1, 0.15) is 49.4 Å². The number of piperidine rings is 1. The molecule has 0 unspecified atom stereocenters. The molecule has 4 nitrogen and oxygen atoms in total. The van der Waals surface area contributed by atoms with Crippen LogP contribution >= 0.6 is 11.6 Å². The van der Waals surface area contributed by atoms with Crippen molar-refractivity contribution in [2.24, 2.45) is 0 Å². The molecule has 1 amide bonds. The summed E-state index contributed by atoms with van der Waals surface area (Å²) in [5.74, 6) is 1.61. The van der Waals surface area contributed by atoms with Crippen molar-refractivity contribution < 1.29 is 4.79 Å². The summed E-state index contributed by atoms with van der Waals surface area (Å²) >= 11 is 6.02. The van der Waals surface area contributed by atoms with E-state index in [-0.39, 0.29) is 11.3 Å². The summed E-state index contributed by atoms with van der Waals surface area (Å²) in [6.07, 6.45) is 8.77. The molecule has 2 fully saturated rings. The maximum absolute atomic E-state index is 13.4. The third-order valence-corrected chi connectivity index (χ3v) is 5.88. The molecule has 1 saturated carbocycles. The second-order valence-corrected chi connectivity index (χ2v) is 7.44. The molecule has 2 aliphatic rings. The van der Waals surface area contributed by atoms with Crippen molar-refractivity contribution in [2.75, 3.05) is 13.1 Å². The molecule has 0 spiro atoms. The number of likely N-dealkylation sites (tertiary alicyclic amines) is 1. The summed E-state index contributed by atoms with van der Waals surface area (Å²) < 4.78 is 0. The van der Waals surface area contributed by atoms with Crippen LogP contribution in [0.15, 0.2) is 36.7 Å². The lowest BCUT2D eigenvalue weighted by atomic mass is 9.63. The monoisotopic (exact) mass is 343 g/mol. The van der Waals surface area contributed by atoms with Crippen molar-refractivity contribution in [1.29, 1.82) is 0 Å². The maximum atomic E-state index is 13.4. The normalized spacial score (nSPS) is 22.9. The number of halogens is 1. The summed E-state index contributed by atoms with van der Waals surface area (Å²) in [6.45, 7) is 1.62. The van der Waals surface area contributed by atoms with Gasteiger partial charge in [0.05, 0.1) is 5.41 Å². The Hall–Kier alpha value is -1.81. The predicted molar refractivity (Wildman–Crippen MR) is 94.1 cm³/mol. The number of amides is 1. The number of carbonyl (C=O) groups excluding carboxylic acids is 1. The first kappa shape index (κ1) is 15.7. The third kappa shape index (κ3) is 2.63. The van der Waals surface area contributed by atoms with Gasteiger partial charge >= 0.3 is 0 Å². The minimum atomic E-state index is -0.338. The standard InChI is InChI=1S/C19H22ClN3O/c20-16-6-4-15(5-7-16)19(8-2-9-19)18(24)23-12-1-3-14(13-23)17-21-10-11-22-17/h4-7,10-11,14H,1-3,8-9,12-13H2,(H,21,22)/t14-/m1/s1. The maximum Gasteiger partial charge on any atom is 0.233 e. The fourth-order valence-electron chi connectivity index (χ4n) is 4.11. The Morgan fingerprint density at radius 2 is 2.04 bits per heavy atom. The molecule has 126 valence electrons. The first-order valence-electron chi connectivity index (χ1n) is 8.74. The Labute approximate surface area is 147 Å². The smallest absolute Gasteiger partial charge is 0.233 e. The summed E-state index contributed by atoms with van der Waals surface area (Å²) in [4.78, 5) is 23.0. The average Bonchev–Trinajstić information content (AvgIpc) is 3.10. The van der Waals surface area contributed by atoms with Crippen LogP contribution in [0.5, 0.6) is 0 Å². The van der Waals surface area contributed by atoms with E-state index < -0.39 is 0 Å². The fourth-order valence-corrected chi connectivity index (χ4v) is 4.24. The lowest BCUT2D eigenvalue weighted by Gasteiger charge is -2.45. The fraction of sp³-hybridized carbons (Fsp3) is 0.474. The summed E-state index contributed by atoms with van der Waals surface area (Å²) in [7, 11) is 0. The molecule has 5 heteroatoms. The molecule has 1 aromatic carbocycles. The summed E-state index contributed by atoms with van der Waals surface area (Å²) in [5, 5.41) is 0.719. The van der Waals surface area contributed by atoms with Gasteiger partial charge in [-0.3, -0.25) is 4.79 Å². The van der Waals surface area contributed by atoms with Gasteiger partial charge in [-0.2, -0.15) is 0 Å². The van der Waals surface area contributed by atoms with E-state index in [9.17, 15) is 4.79 Å². The van der Waals surface area contributed by atoms with Crippen LogP contribution in [-0.4, -0.2) is 33.9 Å². The van der Waals surface area contributed by atoms with Crippen LogP contribution in [0.2, 0.25) is 5.02 Å². The second kappa shape index (κ2) is 6.25. The van der Waals surface area contributed by atoms with Gasteiger partial charge in [0, 0.05) is 36.4 Å². The van der Waals surface area contributed by atoms with Crippen LogP contribution in [0.25, 0.3) is 0 Å². The molecule has 4 rings (SSSR count). The van der Waals surface area contributed by atoms with E-state index in [1.807, 2.05) is 30.5 Å². The van der Waals surface area contributed by atoms with Crippen LogP contribution < -0.4 is 0 Å². The van der Waals surface area contributed by atoms with Gasteiger partial charge < -0.3 is 9.88 Å². The predicted octanol–water partition coefficient (Wildman–Crippen LogP) is 3.89. The van der Waals surface area contributed by atoms with Crippen LogP contribution in [0.3, 0.4) is 0 Å². The van der Waals surface area contributed by atoms with Gasteiger partial charge in [0.15, 0.2) is 0 Å². The van der Waals surface area contributed by atoms with Crippen molar-refractivity contribution in [3.05, 3.63) is 53.1 Å². The number of hydrogen-bond acceptors (Lipinski definition) is 2. The summed E-state index contributed by atoms with van der Waals surface area (Å²) in [5.41, 5.74) is 0.776. The molecule has 1 aliphatic carbocycles. The number of hydrogen-bond donors (Lipinski definition) is 1. The average molecular weight is 344 g/mol. The van der Waals surface area contributed by atoms with E-state index in [2.05, 4.69) is 14.9 Å². The molecule has 0 bridgehead atoms. The van der Waals surface area contributed by atoms with E-state index in [0.29, 0.717) is 5.92 Å². The number of nitrogens with one attached hydrogen (secondary N) is 1. The number of aromatic amines is 1.